The van der Waals surface area contributed by atoms with Gasteiger partial charge in [0.1, 0.15) is 6.33 Å². The summed E-state index contributed by atoms with van der Waals surface area (Å²) < 4.78 is 1.52. The number of hydrogen-bond acceptors (Lipinski definition) is 5. The van der Waals surface area contributed by atoms with Gasteiger partial charge in [-0.3, -0.25) is 14.3 Å². The molecule has 7 nitrogen and oxygen atoms in total. The van der Waals surface area contributed by atoms with Crippen molar-refractivity contribution in [1.82, 2.24) is 19.7 Å². The minimum atomic E-state index is -0.454. The van der Waals surface area contributed by atoms with Crippen LogP contribution in [-0.4, -0.2) is 51.1 Å². The standard InChI is InChI=1S/C16H19N5O2S/c1-19-11-17-13(18-19)14(22)20-6-2-4-16(10-20)5-7-21(15(16)23)12-3-8-24-9-12/h3,8-9,11H,2,4-7,10H2,1H3. The van der Waals surface area contributed by atoms with Crippen molar-refractivity contribution in [2.24, 2.45) is 12.5 Å². The Kier molecular flexibility index (Phi) is 3.64. The molecule has 0 radical (unpaired) electrons. The summed E-state index contributed by atoms with van der Waals surface area (Å²) in [6.07, 6.45) is 3.99. The summed E-state index contributed by atoms with van der Waals surface area (Å²) in [5, 5.41) is 8.08. The topological polar surface area (TPSA) is 71.3 Å². The molecule has 2 aliphatic rings. The lowest BCUT2D eigenvalue weighted by atomic mass is 9.78. The maximum atomic E-state index is 13.0. The van der Waals surface area contributed by atoms with Gasteiger partial charge in [-0.15, -0.1) is 5.10 Å². The molecule has 2 aromatic rings. The van der Waals surface area contributed by atoms with Crippen LogP contribution in [0.2, 0.25) is 0 Å². The van der Waals surface area contributed by atoms with Crippen molar-refractivity contribution in [3.63, 3.8) is 0 Å². The first-order chi connectivity index (χ1) is 11.6. The van der Waals surface area contributed by atoms with E-state index in [0.717, 1.165) is 31.5 Å². The number of likely N-dealkylation sites (tertiary alicyclic amines) is 1. The molecule has 0 bridgehead atoms. The molecular formula is C16H19N5O2S. The summed E-state index contributed by atoms with van der Waals surface area (Å²) in [5.74, 6) is 0.165. The van der Waals surface area contributed by atoms with Gasteiger partial charge in [0.15, 0.2) is 0 Å². The maximum absolute atomic E-state index is 13.0. The predicted molar refractivity (Wildman–Crippen MR) is 89.9 cm³/mol. The van der Waals surface area contributed by atoms with E-state index in [9.17, 15) is 9.59 Å². The van der Waals surface area contributed by atoms with Gasteiger partial charge in [0.05, 0.1) is 11.1 Å². The number of carbonyl (C=O) groups is 2. The molecule has 0 saturated carbocycles. The summed E-state index contributed by atoms with van der Waals surface area (Å²) in [6, 6.07) is 1.98. The molecule has 24 heavy (non-hydrogen) atoms. The summed E-state index contributed by atoms with van der Waals surface area (Å²) in [4.78, 5) is 33.3. The molecule has 4 heterocycles. The van der Waals surface area contributed by atoms with E-state index in [2.05, 4.69) is 10.1 Å². The molecule has 0 aliphatic carbocycles. The van der Waals surface area contributed by atoms with Crippen LogP contribution in [0.4, 0.5) is 5.69 Å². The van der Waals surface area contributed by atoms with E-state index in [1.807, 2.05) is 21.7 Å². The Morgan fingerprint density at radius 3 is 2.92 bits per heavy atom. The number of thiophene rings is 1. The van der Waals surface area contributed by atoms with Crippen LogP contribution in [0.5, 0.6) is 0 Å². The van der Waals surface area contributed by atoms with Crippen LogP contribution in [-0.2, 0) is 11.8 Å². The second-order valence-corrected chi connectivity index (χ2v) is 7.32. The zero-order valence-corrected chi connectivity index (χ0v) is 14.3. The number of nitrogens with zero attached hydrogens (tertiary/aromatic N) is 5. The van der Waals surface area contributed by atoms with Crippen LogP contribution in [0.25, 0.3) is 0 Å². The Balaban J connectivity index is 1.54. The van der Waals surface area contributed by atoms with Gasteiger partial charge in [-0.05, 0) is 30.7 Å². The average Bonchev–Trinajstić information content (AvgIpc) is 3.31. The molecule has 0 aromatic carbocycles. The van der Waals surface area contributed by atoms with Crippen molar-refractivity contribution >= 4 is 28.8 Å². The van der Waals surface area contributed by atoms with Crippen molar-refractivity contribution in [2.75, 3.05) is 24.5 Å². The monoisotopic (exact) mass is 345 g/mol. The number of aromatic nitrogens is 3. The quantitative estimate of drug-likeness (QED) is 0.828. The number of aryl methyl sites for hydroxylation is 1. The second-order valence-electron chi connectivity index (χ2n) is 6.54. The van der Waals surface area contributed by atoms with E-state index in [-0.39, 0.29) is 17.6 Å². The van der Waals surface area contributed by atoms with Crippen molar-refractivity contribution in [1.29, 1.82) is 0 Å². The molecule has 0 N–H and O–H groups in total. The first-order valence-electron chi connectivity index (χ1n) is 8.08. The fourth-order valence-electron chi connectivity index (χ4n) is 3.74. The van der Waals surface area contributed by atoms with Gasteiger partial charge in [-0.1, -0.05) is 0 Å². The van der Waals surface area contributed by atoms with Crippen LogP contribution in [0.15, 0.2) is 23.2 Å². The zero-order chi connectivity index (χ0) is 16.7. The Bertz CT molecular complexity index is 771. The van der Waals surface area contributed by atoms with Crippen LogP contribution in [0, 0.1) is 5.41 Å². The average molecular weight is 345 g/mol. The van der Waals surface area contributed by atoms with E-state index >= 15 is 0 Å². The third-order valence-electron chi connectivity index (χ3n) is 4.99. The third kappa shape index (κ3) is 2.41. The molecule has 2 amide bonds. The molecule has 1 spiro atoms. The summed E-state index contributed by atoms with van der Waals surface area (Å²) in [6.45, 7) is 1.84. The van der Waals surface area contributed by atoms with Gasteiger partial charge in [0.25, 0.3) is 5.91 Å². The molecule has 126 valence electrons. The van der Waals surface area contributed by atoms with Gasteiger partial charge in [0.2, 0.25) is 11.7 Å². The van der Waals surface area contributed by atoms with E-state index in [1.54, 1.807) is 23.3 Å². The lowest BCUT2D eigenvalue weighted by molar-refractivity contribution is -0.127. The van der Waals surface area contributed by atoms with Gasteiger partial charge in [-0.25, -0.2) is 4.98 Å². The highest BCUT2D eigenvalue weighted by atomic mass is 32.1. The first-order valence-corrected chi connectivity index (χ1v) is 9.02. The number of carbonyl (C=O) groups excluding carboxylic acids is 2. The minimum absolute atomic E-state index is 0.146. The fourth-order valence-corrected chi connectivity index (χ4v) is 4.38. The normalized spacial score (nSPS) is 24.1. The van der Waals surface area contributed by atoms with E-state index < -0.39 is 5.41 Å². The number of amides is 2. The van der Waals surface area contributed by atoms with Crippen LogP contribution >= 0.6 is 11.3 Å². The molecule has 2 aromatic heterocycles. The second kappa shape index (κ2) is 5.70. The largest absolute Gasteiger partial charge is 0.335 e. The van der Waals surface area contributed by atoms with E-state index in [0.29, 0.717) is 13.1 Å². The molecule has 2 aliphatic heterocycles. The SMILES string of the molecule is Cn1cnc(C(=O)N2CCCC3(CCN(c4ccsc4)C3=O)C2)n1. The van der Waals surface area contributed by atoms with E-state index in [4.69, 9.17) is 0 Å². The number of anilines is 1. The highest BCUT2D eigenvalue weighted by Gasteiger charge is 2.50. The van der Waals surface area contributed by atoms with Gasteiger partial charge < -0.3 is 9.80 Å². The number of hydrogen-bond donors (Lipinski definition) is 0. The Labute approximate surface area is 143 Å². The molecular weight excluding hydrogens is 326 g/mol. The number of piperidine rings is 1. The lowest BCUT2D eigenvalue weighted by Crippen LogP contribution is -2.50. The molecule has 4 rings (SSSR count). The predicted octanol–water partition coefficient (Wildman–Crippen LogP) is 1.54. The third-order valence-corrected chi connectivity index (χ3v) is 5.66. The first kappa shape index (κ1) is 15.3. The summed E-state index contributed by atoms with van der Waals surface area (Å²) in [5.41, 5.74) is 0.515. The maximum Gasteiger partial charge on any atom is 0.293 e. The van der Waals surface area contributed by atoms with Crippen LogP contribution < -0.4 is 4.90 Å². The van der Waals surface area contributed by atoms with Gasteiger partial charge >= 0.3 is 0 Å². The van der Waals surface area contributed by atoms with Crippen molar-refractivity contribution in [3.05, 3.63) is 29.0 Å². The van der Waals surface area contributed by atoms with Crippen molar-refractivity contribution in [3.8, 4) is 0 Å². The fraction of sp³-hybridized carbons (Fsp3) is 0.500. The van der Waals surface area contributed by atoms with Crippen LogP contribution in [0.3, 0.4) is 0 Å². The molecule has 2 saturated heterocycles. The minimum Gasteiger partial charge on any atom is -0.335 e. The van der Waals surface area contributed by atoms with E-state index in [1.165, 1.54) is 11.0 Å². The highest BCUT2D eigenvalue weighted by molar-refractivity contribution is 7.08. The molecule has 8 heteroatoms. The van der Waals surface area contributed by atoms with Crippen molar-refractivity contribution in [2.45, 2.75) is 19.3 Å². The lowest BCUT2D eigenvalue weighted by Gasteiger charge is -2.38. The van der Waals surface area contributed by atoms with Crippen LogP contribution in [0.1, 0.15) is 29.9 Å². The van der Waals surface area contributed by atoms with Gasteiger partial charge in [-0.2, -0.15) is 11.3 Å². The molecule has 2 fully saturated rings. The molecule has 1 unspecified atom stereocenters. The molecule has 1 atom stereocenters. The Morgan fingerprint density at radius 1 is 1.33 bits per heavy atom. The van der Waals surface area contributed by atoms with Gasteiger partial charge in [0, 0.05) is 32.1 Å². The summed E-state index contributed by atoms with van der Waals surface area (Å²) in [7, 11) is 1.74. The summed E-state index contributed by atoms with van der Waals surface area (Å²) >= 11 is 1.59. The zero-order valence-electron chi connectivity index (χ0n) is 13.5. The number of rotatable bonds is 2. The van der Waals surface area contributed by atoms with Crippen molar-refractivity contribution < 1.29 is 9.59 Å². The smallest absolute Gasteiger partial charge is 0.293 e. The Morgan fingerprint density at radius 2 is 2.21 bits per heavy atom. The highest BCUT2D eigenvalue weighted by Crippen LogP contribution is 2.42. The Hall–Kier alpha value is -2.22.